The Balaban J connectivity index is 0.000000533. The molecule has 4 saturated heterocycles. The van der Waals surface area contributed by atoms with E-state index in [0.29, 0.717) is 0 Å². The van der Waals surface area contributed by atoms with Gasteiger partial charge in [0.25, 0.3) is 0 Å². The number of hydrogen-bond acceptors (Lipinski definition) is 23. The van der Waals surface area contributed by atoms with Crippen LogP contribution in [0, 0.1) is 11.8 Å². The zero-order valence-electron chi connectivity index (χ0n) is 30.6. The molecule has 21 unspecified atom stereocenters. The van der Waals surface area contributed by atoms with Crippen LogP contribution in [0.3, 0.4) is 0 Å². The van der Waals surface area contributed by atoms with Gasteiger partial charge >= 0.3 is 59.1 Å². The second-order valence-electron chi connectivity index (χ2n) is 12.6. The first-order chi connectivity index (χ1) is 24.4. The van der Waals surface area contributed by atoms with Gasteiger partial charge in [-0.3, -0.25) is 5.04 Å². The van der Waals surface area contributed by atoms with Crippen LogP contribution in [0.2, 0.25) is 0 Å². The Morgan fingerprint density at radius 1 is 0.667 bits per heavy atom. The Labute approximate surface area is 356 Å². The molecule has 0 aromatic carbocycles. The van der Waals surface area contributed by atoms with Crippen molar-refractivity contribution in [3.63, 3.8) is 0 Å². The average Bonchev–Trinajstić information content (AvgIpc) is 3.09. The van der Waals surface area contributed by atoms with Crippen molar-refractivity contribution in [2.75, 3.05) is 26.6 Å². The molecule has 4 aliphatic rings. The molecule has 4 fully saturated rings. The maximum Gasteiger partial charge on any atom is 1.00 e. The number of hydrogen-bond donors (Lipinski definition) is 9. The summed E-state index contributed by atoms with van der Waals surface area (Å²) in [5, 5.41) is 113. The number of rotatable bonds is 12. The first kappa shape index (κ1) is 52.8. The molecule has 9 N–H and O–H groups in total. The number of carboxylic acids is 1. The summed E-state index contributed by atoms with van der Waals surface area (Å²) in [6, 6.07) is 0. The van der Waals surface area contributed by atoms with Crippen molar-refractivity contribution >= 4 is 17.0 Å². The summed E-state index contributed by atoms with van der Waals surface area (Å²) < 4.78 is 58.0. The van der Waals surface area contributed by atoms with Crippen LogP contribution in [0.25, 0.3) is 0 Å². The zero-order valence-corrected chi connectivity index (χ0v) is 35.4. The van der Waals surface area contributed by atoms with Crippen molar-refractivity contribution in [1.29, 1.82) is 0 Å². The molecule has 0 spiro atoms. The quantitative estimate of drug-likeness (QED) is 0.0501. The number of aliphatic hydroxyl groups is 9. The van der Waals surface area contributed by atoms with E-state index in [1.54, 1.807) is 13.8 Å². The van der Waals surface area contributed by atoms with E-state index in [1.165, 1.54) is 21.1 Å². The largest absolute Gasteiger partial charge is 1.00 e. The first-order valence-electron chi connectivity index (χ1n) is 16.0. The molecule has 0 aliphatic carbocycles. The van der Waals surface area contributed by atoms with Gasteiger partial charge in [-0.25, -0.2) is 4.21 Å². The number of ether oxygens (including phenoxy) is 8. The van der Waals surface area contributed by atoms with Gasteiger partial charge in [-0.15, -0.1) is 4.33 Å². The monoisotopic (exact) mass is 830 g/mol. The molecule has 4 rings (SSSR count). The molecule has 0 radical (unpaired) electrons. The van der Waals surface area contributed by atoms with Crippen LogP contribution in [0.5, 0.6) is 0 Å². The summed E-state index contributed by atoms with van der Waals surface area (Å²) in [5.41, 5.74) is 0. The molecule has 4 heterocycles. The third-order valence-corrected chi connectivity index (χ3v) is 10.1. The molecule has 23 nitrogen and oxygen atoms in total. The topological polar surface area (TPSA) is 355 Å². The van der Waals surface area contributed by atoms with Crippen LogP contribution < -0.4 is 69.5 Å². The number of carbonyl (C=O) groups is 1. The van der Waals surface area contributed by atoms with Crippen molar-refractivity contribution in [1.82, 2.24) is 0 Å². The number of aliphatic hydroxyl groups excluding tert-OH is 9. The number of aliphatic carboxylic acids is 1. The van der Waals surface area contributed by atoms with Gasteiger partial charge in [0.05, 0.1) is 36.6 Å². The van der Waals surface area contributed by atoms with E-state index in [1.807, 2.05) is 0 Å². The maximum atomic E-state index is 11.6. The molecular formula is C28H48Na2O23S. The van der Waals surface area contributed by atoms with E-state index >= 15 is 0 Å². The van der Waals surface area contributed by atoms with E-state index in [0.717, 1.165) is 0 Å². The third kappa shape index (κ3) is 12.7. The standard InChI is InChI=1S/C14H24O14S.C14H26O9.2Na/c1-4-6(15)9(23-2)5(3-29(22)28-27-21)24-14(4)26-10-7(16)8(17)13(20)25-11(10)12(18)19;1-5-8(16)12(20-3)7(4-15)22-14(5)23-11-6(2)21-13(19)10(18)9(11)17;;/h4-11,13-17,20-21H,3H2,1-2H3,(H,18,19);5-19H,4H2,1-3H3;;/q;;2*+1/p-2. The third-order valence-electron chi connectivity index (χ3n) is 9.26. The van der Waals surface area contributed by atoms with E-state index < -0.39 is 145 Å². The number of carboxylic acid groups (broad SMARTS) is 1. The fourth-order valence-electron chi connectivity index (χ4n) is 6.19. The van der Waals surface area contributed by atoms with Crippen molar-refractivity contribution in [2.45, 2.75) is 131 Å². The van der Waals surface area contributed by atoms with Gasteiger partial charge in [-0.05, 0) is 6.92 Å². The minimum absolute atomic E-state index is 0. The molecule has 0 aromatic rings. The fraction of sp³-hybridized carbons (Fsp3) is 0.964. The number of carbonyl (C=O) groups excluding carboxylic acids is 1. The van der Waals surface area contributed by atoms with Crippen LogP contribution >= 0.6 is 0 Å². The fourth-order valence-corrected chi connectivity index (χ4v) is 6.84. The summed E-state index contributed by atoms with van der Waals surface area (Å²) >= 11 is -2.28. The van der Waals surface area contributed by atoms with Gasteiger partial charge in [-0.2, -0.15) is 0 Å². The van der Waals surface area contributed by atoms with Crippen molar-refractivity contribution in [2.24, 2.45) is 11.8 Å². The summed E-state index contributed by atoms with van der Waals surface area (Å²) in [7, 11) is 2.65. The summed E-state index contributed by atoms with van der Waals surface area (Å²) in [6.45, 7) is 4.35. The normalized spacial score (nSPS) is 45.8. The van der Waals surface area contributed by atoms with E-state index in [4.69, 9.17) is 37.9 Å². The maximum absolute atomic E-state index is 11.6. The predicted molar refractivity (Wildman–Crippen MR) is 158 cm³/mol. The molecule has 21 atom stereocenters. The zero-order chi connectivity index (χ0) is 39.2. The van der Waals surface area contributed by atoms with Crippen LogP contribution in [0.1, 0.15) is 20.8 Å². The Hall–Kier alpha value is 0.820. The average molecular weight is 831 g/mol. The van der Waals surface area contributed by atoms with Crippen LogP contribution in [-0.2, 0) is 63.1 Å². The van der Waals surface area contributed by atoms with Gasteiger partial charge in [-0.1, -0.05) is 13.8 Å². The molecule has 0 aromatic heterocycles. The molecule has 0 amide bonds. The van der Waals surface area contributed by atoms with Gasteiger partial charge in [0.2, 0.25) is 0 Å². The van der Waals surface area contributed by atoms with Crippen LogP contribution in [0.15, 0.2) is 0 Å². The van der Waals surface area contributed by atoms with Gasteiger partial charge in [0.15, 0.2) is 36.2 Å². The minimum Gasteiger partial charge on any atom is -0.691 e. The van der Waals surface area contributed by atoms with Crippen molar-refractivity contribution < 1.29 is 172 Å². The van der Waals surface area contributed by atoms with Crippen LogP contribution in [0.4, 0.5) is 0 Å². The molecule has 0 bridgehead atoms. The minimum atomic E-state index is -2.28. The Morgan fingerprint density at radius 2 is 1.11 bits per heavy atom. The van der Waals surface area contributed by atoms with Gasteiger partial charge in [0.1, 0.15) is 67.1 Å². The molecule has 0 saturated carbocycles. The van der Waals surface area contributed by atoms with Gasteiger partial charge in [0, 0.05) is 26.1 Å². The molecule has 26 heteroatoms. The molecule has 306 valence electrons. The number of methoxy groups -OCH3 is 2. The predicted octanol–water partition coefficient (Wildman–Crippen LogP) is -14.2. The Kier molecular flexibility index (Phi) is 23.6. The summed E-state index contributed by atoms with van der Waals surface area (Å²) in [6.07, 6.45) is -23.8. The second kappa shape index (κ2) is 24.2. The summed E-state index contributed by atoms with van der Waals surface area (Å²) in [5.74, 6) is -3.69. The molecule has 4 aliphatic heterocycles. The summed E-state index contributed by atoms with van der Waals surface area (Å²) in [4.78, 5) is 11.3. The Bertz CT molecular complexity index is 1130. The second-order valence-corrected chi connectivity index (χ2v) is 13.7. The van der Waals surface area contributed by atoms with Gasteiger partial charge < -0.3 is 99.0 Å². The van der Waals surface area contributed by atoms with E-state index in [-0.39, 0.29) is 65.7 Å². The molecular weight excluding hydrogens is 782 g/mol. The van der Waals surface area contributed by atoms with Crippen molar-refractivity contribution in [3.8, 4) is 0 Å². The van der Waals surface area contributed by atoms with E-state index in [2.05, 4.69) is 9.37 Å². The molecule has 54 heavy (non-hydrogen) atoms. The van der Waals surface area contributed by atoms with E-state index in [9.17, 15) is 65.3 Å². The van der Waals surface area contributed by atoms with Crippen LogP contribution in [-0.4, -0.2) is 193 Å². The Morgan fingerprint density at radius 3 is 1.57 bits per heavy atom. The first-order valence-corrected chi connectivity index (χ1v) is 17.3. The smallest absolute Gasteiger partial charge is 0.691 e. The SMILES string of the molecule is COC1C(CO)OC(OC2C(C)OC(O)C(O)C2O)C(C)C1O.COC1C(CS(=O)OO[O-])OC(OC2C(C(=O)[O-])OC(O)C(O)C2O)C(C)C1O.[Na+].[Na+]. The van der Waals surface area contributed by atoms with Crippen molar-refractivity contribution in [3.05, 3.63) is 0 Å².